The Morgan fingerprint density at radius 3 is 2.39 bits per heavy atom. The van der Waals surface area contributed by atoms with Gasteiger partial charge < -0.3 is 15.2 Å². The van der Waals surface area contributed by atoms with E-state index in [2.05, 4.69) is 28.6 Å². The molecule has 2 unspecified atom stereocenters. The molecule has 0 radical (unpaired) electrons. The molecular formula is C29H27N5O2. The molecule has 7 heteroatoms. The second-order valence-electron chi connectivity index (χ2n) is 8.67. The van der Waals surface area contributed by atoms with Gasteiger partial charge in [-0.1, -0.05) is 49.4 Å². The van der Waals surface area contributed by atoms with Crippen LogP contribution < -0.4 is 16.2 Å². The van der Waals surface area contributed by atoms with Gasteiger partial charge >= 0.3 is 0 Å². The minimum Gasteiger partial charge on any atom is -0.319 e. The topological polar surface area (TPSA) is 99.8 Å². The van der Waals surface area contributed by atoms with Gasteiger partial charge in [-0.25, -0.2) is 4.98 Å². The van der Waals surface area contributed by atoms with E-state index in [1.807, 2.05) is 54.6 Å². The molecule has 0 aliphatic heterocycles. The Hall–Kier alpha value is -4.54. The Labute approximate surface area is 210 Å². The van der Waals surface area contributed by atoms with E-state index >= 15 is 0 Å². The number of carbonyl (C=O) groups excluding carboxylic acids is 1. The summed E-state index contributed by atoms with van der Waals surface area (Å²) in [6.07, 6.45) is 3.35. The highest BCUT2D eigenvalue weighted by molar-refractivity contribution is 5.95. The molecule has 7 nitrogen and oxygen atoms in total. The lowest BCUT2D eigenvalue weighted by Crippen LogP contribution is -2.35. The molecule has 0 bridgehead atoms. The maximum Gasteiger partial charge on any atom is 0.250 e. The number of hydrogen-bond acceptors (Lipinski definition) is 5. The lowest BCUT2D eigenvalue weighted by molar-refractivity contribution is -0.118. The molecule has 2 aromatic carbocycles. The van der Waals surface area contributed by atoms with Crippen LogP contribution in [0.25, 0.3) is 11.1 Å². The van der Waals surface area contributed by atoms with Gasteiger partial charge in [0.05, 0.1) is 11.6 Å². The van der Waals surface area contributed by atoms with E-state index in [0.29, 0.717) is 17.9 Å². The minimum absolute atomic E-state index is 0.100. The largest absolute Gasteiger partial charge is 0.319 e. The molecule has 2 heterocycles. The first kappa shape index (κ1) is 24.6. The molecule has 0 aliphatic carbocycles. The molecule has 180 valence electrons. The Morgan fingerprint density at radius 1 is 1.00 bits per heavy atom. The molecular weight excluding hydrogens is 450 g/mol. The fraction of sp³-hybridized carbons (Fsp3) is 0.172. The standard InChI is InChI=1S/C29H27N5O2/c1-20(22-10-8-21(17-30)9-11-22)18-32-28(23-6-4-3-5-7-23)29(36)33-26-13-12-25(19-31-26)24-14-15-34(2)27(35)16-24/h3-16,19-20,28,32H,18H2,1-2H3,(H,31,33,36). The van der Waals surface area contributed by atoms with Gasteiger partial charge in [-0.2, -0.15) is 5.26 Å². The maximum atomic E-state index is 13.3. The third-order valence-electron chi connectivity index (χ3n) is 6.08. The van der Waals surface area contributed by atoms with E-state index in [1.165, 1.54) is 4.57 Å². The van der Waals surface area contributed by atoms with Gasteiger partial charge in [0.2, 0.25) is 5.91 Å². The van der Waals surface area contributed by atoms with Crippen molar-refractivity contribution in [1.29, 1.82) is 5.26 Å². The second-order valence-corrected chi connectivity index (χ2v) is 8.67. The van der Waals surface area contributed by atoms with Crippen LogP contribution in [0.2, 0.25) is 0 Å². The number of rotatable bonds is 8. The second kappa shape index (κ2) is 11.3. The number of aryl methyl sites for hydroxylation is 1. The van der Waals surface area contributed by atoms with Crippen LogP contribution in [-0.2, 0) is 11.8 Å². The first-order valence-corrected chi connectivity index (χ1v) is 11.7. The number of amides is 1. The molecule has 0 saturated heterocycles. The smallest absolute Gasteiger partial charge is 0.250 e. The summed E-state index contributed by atoms with van der Waals surface area (Å²) >= 11 is 0. The molecule has 4 rings (SSSR count). The Morgan fingerprint density at radius 2 is 1.75 bits per heavy atom. The van der Waals surface area contributed by atoms with Crippen LogP contribution in [0.4, 0.5) is 5.82 Å². The minimum atomic E-state index is -0.578. The van der Waals surface area contributed by atoms with Gasteiger partial charge in [0.1, 0.15) is 11.9 Å². The predicted molar refractivity (Wildman–Crippen MR) is 140 cm³/mol. The third kappa shape index (κ3) is 5.93. The number of benzene rings is 2. The normalized spacial score (nSPS) is 12.4. The Kier molecular flexibility index (Phi) is 7.69. The van der Waals surface area contributed by atoms with Crippen molar-refractivity contribution >= 4 is 11.7 Å². The molecule has 0 aliphatic rings. The molecule has 0 fully saturated rings. The zero-order chi connectivity index (χ0) is 25.5. The fourth-order valence-corrected chi connectivity index (χ4v) is 3.87. The molecule has 4 aromatic rings. The number of carbonyl (C=O) groups is 1. The number of aromatic nitrogens is 2. The summed E-state index contributed by atoms with van der Waals surface area (Å²) in [4.78, 5) is 29.6. The highest BCUT2D eigenvalue weighted by Crippen LogP contribution is 2.21. The first-order valence-electron chi connectivity index (χ1n) is 11.7. The lowest BCUT2D eigenvalue weighted by Gasteiger charge is -2.21. The Balaban J connectivity index is 1.47. The SMILES string of the molecule is CC(CNC(C(=O)Nc1ccc(-c2ccn(C)c(=O)c2)cn1)c1ccccc1)c1ccc(C#N)cc1. The summed E-state index contributed by atoms with van der Waals surface area (Å²) in [5.74, 6) is 0.338. The fourth-order valence-electron chi connectivity index (χ4n) is 3.87. The van der Waals surface area contributed by atoms with Crippen LogP contribution in [0.1, 0.15) is 35.6 Å². The van der Waals surface area contributed by atoms with Gasteiger partial charge in [0.25, 0.3) is 5.56 Å². The van der Waals surface area contributed by atoms with Crippen molar-refractivity contribution in [1.82, 2.24) is 14.9 Å². The number of anilines is 1. The number of nitriles is 1. The molecule has 0 saturated carbocycles. The van der Waals surface area contributed by atoms with E-state index in [-0.39, 0.29) is 17.4 Å². The van der Waals surface area contributed by atoms with Crippen molar-refractivity contribution in [2.45, 2.75) is 18.9 Å². The molecule has 0 spiro atoms. The maximum absolute atomic E-state index is 13.3. The van der Waals surface area contributed by atoms with Crippen molar-refractivity contribution in [3.05, 3.63) is 118 Å². The van der Waals surface area contributed by atoms with Crippen molar-refractivity contribution in [3.8, 4) is 17.2 Å². The third-order valence-corrected chi connectivity index (χ3v) is 6.08. The number of nitrogens with one attached hydrogen (secondary N) is 2. The highest BCUT2D eigenvalue weighted by Gasteiger charge is 2.21. The first-order chi connectivity index (χ1) is 17.4. The van der Waals surface area contributed by atoms with Crippen molar-refractivity contribution < 1.29 is 4.79 Å². The van der Waals surface area contributed by atoms with Gasteiger partial charge in [0.15, 0.2) is 0 Å². The number of hydrogen-bond donors (Lipinski definition) is 2. The van der Waals surface area contributed by atoms with Crippen LogP contribution in [0.15, 0.2) is 96.1 Å². The van der Waals surface area contributed by atoms with E-state index in [4.69, 9.17) is 5.26 Å². The highest BCUT2D eigenvalue weighted by atomic mass is 16.2. The zero-order valence-electron chi connectivity index (χ0n) is 20.2. The van der Waals surface area contributed by atoms with Crippen LogP contribution in [0.3, 0.4) is 0 Å². The molecule has 2 N–H and O–H groups in total. The van der Waals surface area contributed by atoms with Gasteiger partial charge in [-0.15, -0.1) is 0 Å². The quantitative estimate of drug-likeness (QED) is 0.392. The van der Waals surface area contributed by atoms with E-state index in [9.17, 15) is 9.59 Å². The molecule has 2 aromatic heterocycles. The van der Waals surface area contributed by atoms with Crippen LogP contribution in [-0.4, -0.2) is 22.0 Å². The van der Waals surface area contributed by atoms with Crippen LogP contribution in [0, 0.1) is 11.3 Å². The van der Waals surface area contributed by atoms with Gasteiger partial charge in [-0.3, -0.25) is 9.59 Å². The average Bonchev–Trinajstić information content (AvgIpc) is 2.91. The zero-order valence-corrected chi connectivity index (χ0v) is 20.2. The summed E-state index contributed by atoms with van der Waals surface area (Å²) in [6.45, 7) is 2.64. The lowest BCUT2D eigenvalue weighted by atomic mass is 9.98. The summed E-state index contributed by atoms with van der Waals surface area (Å²) in [5.41, 5.74) is 4.01. The molecule has 36 heavy (non-hydrogen) atoms. The summed E-state index contributed by atoms with van der Waals surface area (Å²) < 4.78 is 1.50. The number of nitrogens with zero attached hydrogens (tertiary/aromatic N) is 3. The van der Waals surface area contributed by atoms with E-state index < -0.39 is 6.04 Å². The number of pyridine rings is 2. The summed E-state index contributed by atoms with van der Waals surface area (Å²) in [6, 6.07) is 25.5. The van der Waals surface area contributed by atoms with Crippen molar-refractivity contribution in [2.24, 2.45) is 7.05 Å². The molecule has 2 atom stereocenters. The monoisotopic (exact) mass is 477 g/mol. The molecule has 1 amide bonds. The Bertz CT molecular complexity index is 1420. The van der Waals surface area contributed by atoms with Crippen molar-refractivity contribution in [2.75, 3.05) is 11.9 Å². The van der Waals surface area contributed by atoms with E-state index in [1.54, 1.807) is 43.7 Å². The van der Waals surface area contributed by atoms with Gasteiger partial charge in [-0.05, 0) is 52.9 Å². The van der Waals surface area contributed by atoms with E-state index in [0.717, 1.165) is 22.3 Å². The predicted octanol–water partition coefficient (Wildman–Crippen LogP) is 4.39. The van der Waals surface area contributed by atoms with Crippen LogP contribution >= 0.6 is 0 Å². The van der Waals surface area contributed by atoms with Gasteiger partial charge in [0, 0.05) is 37.6 Å². The summed E-state index contributed by atoms with van der Waals surface area (Å²) in [7, 11) is 1.70. The average molecular weight is 478 g/mol. The van der Waals surface area contributed by atoms with Crippen molar-refractivity contribution in [3.63, 3.8) is 0 Å². The summed E-state index contributed by atoms with van der Waals surface area (Å²) in [5, 5.41) is 15.3. The van der Waals surface area contributed by atoms with Crippen LogP contribution in [0.5, 0.6) is 0 Å².